The molecule has 0 aliphatic carbocycles. The number of anilines is 1. The summed E-state index contributed by atoms with van der Waals surface area (Å²) in [6.45, 7) is 0.442. The average molecular weight is 369 g/mol. The van der Waals surface area contributed by atoms with Crippen LogP contribution in [0.2, 0.25) is 0 Å². The third-order valence-electron chi connectivity index (χ3n) is 5.68. The van der Waals surface area contributed by atoms with E-state index in [1.807, 2.05) is 84.9 Å². The lowest BCUT2D eigenvalue weighted by atomic mass is 9.78. The molecule has 4 nitrogen and oxygen atoms in total. The first-order valence-electron chi connectivity index (χ1n) is 9.42. The van der Waals surface area contributed by atoms with Gasteiger partial charge in [0.1, 0.15) is 0 Å². The normalized spacial score (nSPS) is 23.1. The molecule has 1 amide bonds. The highest BCUT2D eigenvalue weighted by Gasteiger charge is 2.63. The van der Waals surface area contributed by atoms with Crippen LogP contribution in [0.5, 0.6) is 0 Å². The summed E-state index contributed by atoms with van der Waals surface area (Å²) in [6, 6.07) is 27.2. The second kappa shape index (κ2) is 6.34. The van der Waals surface area contributed by atoms with Gasteiger partial charge >= 0.3 is 5.97 Å². The molecule has 5 rings (SSSR count). The Morgan fingerprint density at radius 1 is 0.857 bits per heavy atom. The van der Waals surface area contributed by atoms with Crippen molar-refractivity contribution in [1.82, 2.24) is 0 Å². The summed E-state index contributed by atoms with van der Waals surface area (Å²) in [5.41, 5.74) is 2.27. The van der Waals surface area contributed by atoms with Gasteiger partial charge in [-0.15, -0.1) is 0 Å². The van der Waals surface area contributed by atoms with Crippen LogP contribution in [-0.4, -0.2) is 11.9 Å². The molecule has 2 heterocycles. The van der Waals surface area contributed by atoms with Gasteiger partial charge in [0.15, 0.2) is 0 Å². The number of amides is 1. The van der Waals surface area contributed by atoms with E-state index in [1.54, 1.807) is 4.90 Å². The number of carbonyl (C=O) groups is 2. The summed E-state index contributed by atoms with van der Waals surface area (Å²) < 4.78 is 5.85. The van der Waals surface area contributed by atoms with Crippen molar-refractivity contribution in [2.45, 2.75) is 24.5 Å². The summed E-state index contributed by atoms with van der Waals surface area (Å²) in [5, 5.41) is 0. The Balaban J connectivity index is 1.65. The molecule has 0 radical (unpaired) electrons. The molecule has 0 N–H and O–H groups in total. The molecule has 2 aliphatic heterocycles. The molecule has 1 fully saturated rings. The van der Waals surface area contributed by atoms with Crippen LogP contribution in [-0.2, 0) is 26.5 Å². The maximum Gasteiger partial charge on any atom is 0.308 e. The van der Waals surface area contributed by atoms with E-state index < -0.39 is 5.60 Å². The van der Waals surface area contributed by atoms with E-state index in [1.165, 1.54) is 0 Å². The summed E-state index contributed by atoms with van der Waals surface area (Å²) in [6.07, 6.45) is 0.198. The lowest BCUT2D eigenvalue weighted by molar-refractivity contribution is -0.158. The van der Waals surface area contributed by atoms with Gasteiger partial charge in [0, 0.05) is 11.5 Å². The fourth-order valence-corrected chi connectivity index (χ4v) is 4.45. The van der Waals surface area contributed by atoms with Gasteiger partial charge in [0.2, 0.25) is 5.60 Å². The Labute approximate surface area is 163 Å². The molecule has 3 aromatic carbocycles. The quantitative estimate of drug-likeness (QED) is 0.652. The Bertz CT molecular complexity index is 1050. The molecule has 2 atom stereocenters. The van der Waals surface area contributed by atoms with Crippen molar-refractivity contribution < 1.29 is 14.3 Å². The van der Waals surface area contributed by atoms with E-state index in [9.17, 15) is 9.59 Å². The first-order valence-corrected chi connectivity index (χ1v) is 9.42. The zero-order valence-corrected chi connectivity index (χ0v) is 15.2. The zero-order chi connectivity index (χ0) is 19.1. The molecule has 28 heavy (non-hydrogen) atoms. The SMILES string of the molecule is O=C1C[C@@H](c2ccccc2)[C@@]2(O1)C(=O)N(Cc1ccccc1)c1ccccc12. The summed E-state index contributed by atoms with van der Waals surface area (Å²) in [5.74, 6) is -0.841. The lowest BCUT2D eigenvalue weighted by Crippen LogP contribution is -2.43. The van der Waals surface area contributed by atoms with Crippen molar-refractivity contribution in [3.8, 4) is 0 Å². The highest BCUT2D eigenvalue weighted by Crippen LogP contribution is 2.55. The topological polar surface area (TPSA) is 46.6 Å². The van der Waals surface area contributed by atoms with Crippen molar-refractivity contribution in [2.75, 3.05) is 4.90 Å². The van der Waals surface area contributed by atoms with Crippen molar-refractivity contribution in [3.05, 3.63) is 102 Å². The standard InChI is InChI=1S/C24H19NO3/c26-22-15-20(18-11-5-2-6-12-18)24(28-22)19-13-7-8-14-21(19)25(23(24)27)16-17-9-3-1-4-10-17/h1-14,20H,15-16H2/t20-,24+/m0/s1. The number of rotatable bonds is 3. The minimum absolute atomic E-state index is 0.169. The van der Waals surface area contributed by atoms with Crippen LogP contribution >= 0.6 is 0 Å². The first-order chi connectivity index (χ1) is 13.7. The molecule has 0 aromatic heterocycles. The molecule has 2 aliphatic rings. The van der Waals surface area contributed by atoms with E-state index >= 15 is 0 Å². The second-order valence-electron chi connectivity index (χ2n) is 7.27. The number of para-hydroxylation sites is 1. The van der Waals surface area contributed by atoms with Crippen molar-refractivity contribution >= 4 is 17.6 Å². The van der Waals surface area contributed by atoms with Crippen LogP contribution in [0, 0.1) is 0 Å². The highest BCUT2D eigenvalue weighted by atomic mass is 16.6. The maximum absolute atomic E-state index is 13.8. The zero-order valence-electron chi connectivity index (χ0n) is 15.2. The Kier molecular flexibility index (Phi) is 3.79. The monoisotopic (exact) mass is 369 g/mol. The minimum Gasteiger partial charge on any atom is -0.443 e. The van der Waals surface area contributed by atoms with Crippen molar-refractivity contribution in [1.29, 1.82) is 0 Å². The van der Waals surface area contributed by atoms with E-state index in [2.05, 4.69) is 0 Å². The summed E-state index contributed by atoms with van der Waals surface area (Å²) in [7, 11) is 0. The first kappa shape index (κ1) is 16.8. The molecule has 4 heteroatoms. The fourth-order valence-electron chi connectivity index (χ4n) is 4.45. The van der Waals surface area contributed by atoms with Gasteiger partial charge in [-0.25, -0.2) is 0 Å². The van der Waals surface area contributed by atoms with E-state index in [0.717, 1.165) is 22.4 Å². The maximum atomic E-state index is 13.8. The van der Waals surface area contributed by atoms with E-state index in [4.69, 9.17) is 4.74 Å². The van der Waals surface area contributed by atoms with Gasteiger partial charge < -0.3 is 9.64 Å². The van der Waals surface area contributed by atoms with Crippen molar-refractivity contribution in [3.63, 3.8) is 0 Å². The third kappa shape index (κ3) is 2.38. The smallest absolute Gasteiger partial charge is 0.308 e. The number of nitrogens with zero attached hydrogens (tertiary/aromatic N) is 1. The molecule has 1 spiro atoms. The molecule has 138 valence electrons. The van der Waals surface area contributed by atoms with Gasteiger partial charge in [0.25, 0.3) is 5.91 Å². The van der Waals surface area contributed by atoms with Crippen LogP contribution in [0.1, 0.15) is 29.0 Å². The number of fused-ring (bicyclic) bond motifs is 2. The predicted octanol–water partition coefficient (Wildman–Crippen LogP) is 4.16. The predicted molar refractivity (Wildman–Crippen MR) is 106 cm³/mol. The number of ether oxygens (including phenoxy) is 1. The summed E-state index contributed by atoms with van der Waals surface area (Å²) in [4.78, 5) is 27.9. The van der Waals surface area contributed by atoms with Crippen LogP contribution in [0.15, 0.2) is 84.9 Å². The molecular formula is C24H19NO3. The number of esters is 1. The van der Waals surface area contributed by atoms with Crippen LogP contribution < -0.4 is 4.90 Å². The minimum atomic E-state index is -1.29. The number of hydrogen-bond acceptors (Lipinski definition) is 3. The van der Waals surface area contributed by atoms with Gasteiger partial charge in [-0.05, 0) is 17.2 Å². The van der Waals surface area contributed by atoms with Crippen LogP contribution in [0.4, 0.5) is 5.69 Å². The third-order valence-corrected chi connectivity index (χ3v) is 5.68. The molecule has 1 saturated heterocycles. The van der Waals surface area contributed by atoms with Gasteiger partial charge in [-0.2, -0.15) is 0 Å². The van der Waals surface area contributed by atoms with Crippen LogP contribution in [0.25, 0.3) is 0 Å². The number of carbonyl (C=O) groups excluding carboxylic acids is 2. The lowest BCUT2D eigenvalue weighted by Gasteiger charge is -2.29. The molecule has 0 unspecified atom stereocenters. The van der Waals surface area contributed by atoms with E-state index in [0.29, 0.717) is 6.54 Å². The second-order valence-corrected chi connectivity index (χ2v) is 7.27. The number of hydrogen-bond donors (Lipinski definition) is 0. The largest absolute Gasteiger partial charge is 0.443 e. The number of benzene rings is 3. The highest BCUT2D eigenvalue weighted by molar-refractivity contribution is 6.09. The van der Waals surface area contributed by atoms with Gasteiger partial charge in [0.05, 0.1) is 18.7 Å². The average Bonchev–Trinajstić information content (AvgIpc) is 3.21. The summed E-state index contributed by atoms with van der Waals surface area (Å²) >= 11 is 0. The van der Waals surface area contributed by atoms with Crippen LogP contribution in [0.3, 0.4) is 0 Å². The Morgan fingerprint density at radius 2 is 1.50 bits per heavy atom. The van der Waals surface area contributed by atoms with Crippen molar-refractivity contribution in [2.24, 2.45) is 0 Å². The fraction of sp³-hybridized carbons (Fsp3) is 0.167. The van der Waals surface area contributed by atoms with E-state index in [-0.39, 0.29) is 24.2 Å². The molecule has 3 aromatic rings. The van der Waals surface area contributed by atoms with Gasteiger partial charge in [-0.3, -0.25) is 9.59 Å². The molecule has 0 saturated carbocycles. The van der Waals surface area contributed by atoms with Gasteiger partial charge in [-0.1, -0.05) is 78.9 Å². The Hall–Kier alpha value is -3.40. The molecule has 0 bridgehead atoms. The molecular weight excluding hydrogens is 350 g/mol. The Morgan fingerprint density at radius 3 is 2.25 bits per heavy atom.